The fourth-order valence-electron chi connectivity index (χ4n) is 2.88. The highest BCUT2D eigenvalue weighted by Gasteiger charge is 2.19. The summed E-state index contributed by atoms with van der Waals surface area (Å²) in [5.41, 5.74) is 2.66. The van der Waals surface area contributed by atoms with Gasteiger partial charge in [-0.1, -0.05) is 30.3 Å². The Morgan fingerprint density at radius 1 is 1.04 bits per heavy atom. The van der Waals surface area contributed by atoms with Crippen molar-refractivity contribution in [2.75, 3.05) is 18.9 Å². The van der Waals surface area contributed by atoms with Crippen LogP contribution < -0.4 is 10.7 Å². The molecule has 0 saturated heterocycles. The summed E-state index contributed by atoms with van der Waals surface area (Å²) in [7, 11) is 1.49. The van der Waals surface area contributed by atoms with Crippen LogP contribution in [0.25, 0.3) is 11.0 Å². The van der Waals surface area contributed by atoms with Gasteiger partial charge in [0, 0.05) is 18.8 Å². The maximum absolute atomic E-state index is 12.6. The van der Waals surface area contributed by atoms with Gasteiger partial charge in [-0.2, -0.15) is 0 Å². The summed E-state index contributed by atoms with van der Waals surface area (Å²) in [6.07, 6.45) is 0. The normalized spacial score (nSPS) is 10.6. The lowest BCUT2D eigenvalue weighted by Gasteiger charge is -2.17. The summed E-state index contributed by atoms with van der Waals surface area (Å²) >= 11 is 0. The molecule has 27 heavy (non-hydrogen) atoms. The SMILES string of the molecule is Cc1cccc(C)c1NC(=O)CN(C)C(=O)c1cc(=O)c2ccccc2o1. The summed E-state index contributed by atoms with van der Waals surface area (Å²) in [6, 6.07) is 13.6. The molecule has 1 N–H and O–H groups in total. The number of nitrogens with zero attached hydrogens (tertiary/aromatic N) is 1. The number of carbonyl (C=O) groups is 2. The first-order valence-electron chi connectivity index (χ1n) is 8.51. The van der Waals surface area contributed by atoms with Crippen LogP contribution in [0.4, 0.5) is 5.69 Å². The predicted octanol–water partition coefficient (Wildman–Crippen LogP) is 3.12. The molecule has 6 heteroatoms. The van der Waals surface area contributed by atoms with E-state index < -0.39 is 5.91 Å². The quantitative estimate of drug-likeness (QED) is 0.771. The number of fused-ring (bicyclic) bond motifs is 1. The topological polar surface area (TPSA) is 79.6 Å². The second-order valence-electron chi connectivity index (χ2n) is 6.45. The van der Waals surface area contributed by atoms with E-state index in [2.05, 4.69) is 5.32 Å². The molecule has 3 rings (SSSR count). The maximum atomic E-state index is 12.6. The Morgan fingerprint density at radius 3 is 2.41 bits per heavy atom. The Hall–Kier alpha value is -3.41. The molecule has 0 aliphatic carbocycles. The number of carbonyl (C=O) groups excluding carboxylic acids is 2. The molecule has 0 radical (unpaired) electrons. The van der Waals surface area contributed by atoms with Crippen molar-refractivity contribution >= 4 is 28.5 Å². The molecule has 0 fully saturated rings. The summed E-state index contributed by atoms with van der Waals surface area (Å²) in [5, 5.41) is 3.24. The lowest BCUT2D eigenvalue weighted by molar-refractivity contribution is -0.116. The molecule has 0 aliphatic heterocycles. The van der Waals surface area contributed by atoms with Crippen LogP contribution in [0.15, 0.2) is 57.7 Å². The van der Waals surface area contributed by atoms with Crippen LogP contribution in [-0.2, 0) is 4.79 Å². The average Bonchev–Trinajstić information content (AvgIpc) is 2.64. The molecule has 0 saturated carbocycles. The minimum absolute atomic E-state index is 0.0962. The summed E-state index contributed by atoms with van der Waals surface area (Å²) in [5.74, 6) is -0.957. The van der Waals surface area contributed by atoms with E-state index in [4.69, 9.17) is 4.42 Å². The van der Waals surface area contributed by atoms with Crippen LogP contribution in [0.3, 0.4) is 0 Å². The van der Waals surface area contributed by atoms with Crippen LogP contribution in [0, 0.1) is 13.8 Å². The Balaban J connectivity index is 1.76. The molecule has 3 aromatic rings. The summed E-state index contributed by atoms with van der Waals surface area (Å²) in [6.45, 7) is 3.64. The largest absolute Gasteiger partial charge is 0.451 e. The van der Waals surface area contributed by atoms with Gasteiger partial charge in [-0.05, 0) is 37.1 Å². The standard InChI is InChI=1S/C21H20N2O4/c1-13-7-6-8-14(2)20(13)22-19(25)12-23(3)21(26)18-11-16(24)15-9-4-5-10-17(15)27-18/h4-11H,12H2,1-3H3,(H,22,25). The zero-order valence-corrected chi connectivity index (χ0v) is 15.4. The minimum atomic E-state index is -0.533. The van der Waals surface area contributed by atoms with Gasteiger partial charge < -0.3 is 14.6 Å². The average molecular weight is 364 g/mol. The zero-order chi connectivity index (χ0) is 19.6. The van der Waals surface area contributed by atoms with E-state index in [0.29, 0.717) is 11.0 Å². The van der Waals surface area contributed by atoms with Gasteiger partial charge in [-0.15, -0.1) is 0 Å². The van der Waals surface area contributed by atoms with E-state index in [1.54, 1.807) is 24.3 Å². The molecule has 138 valence electrons. The fraction of sp³-hybridized carbons (Fsp3) is 0.190. The van der Waals surface area contributed by atoms with E-state index in [-0.39, 0.29) is 23.6 Å². The van der Waals surface area contributed by atoms with E-state index in [0.717, 1.165) is 22.9 Å². The number of amides is 2. The van der Waals surface area contributed by atoms with Crippen molar-refractivity contribution < 1.29 is 14.0 Å². The predicted molar refractivity (Wildman–Crippen MR) is 104 cm³/mol. The van der Waals surface area contributed by atoms with Crippen molar-refractivity contribution in [1.82, 2.24) is 4.90 Å². The first kappa shape index (κ1) is 18.4. The fourth-order valence-corrected chi connectivity index (χ4v) is 2.88. The second kappa shape index (κ2) is 7.45. The van der Waals surface area contributed by atoms with Gasteiger partial charge in [0.1, 0.15) is 5.58 Å². The lowest BCUT2D eigenvalue weighted by atomic mass is 10.1. The number of rotatable bonds is 4. The molecule has 2 aromatic carbocycles. The lowest BCUT2D eigenvalue weighted by Crippen LogP contribution is -2.35. The maximum Gasteiger partial charge on any atom is 0.289 e. The van der Waals surface area contributed by atoms with Crippen molar-refractivity contribution in [3.63, 3.8) is 0 Å². The van der Waals surface area contributed by atoms with Gasteiger partial charge in [-0.25, -0.2) is 0 Å². The number of aryl methyl sites for hydroxylation is 2. The third kappa shape index (κ3) is 3.89. The van der Waals surface area contributed by atoms with Gasteiger partial charge >= 0.3 is 0 Å². The molecule has 2 amide bonds. The minimum Gasteiger partial charge on any atom is -0.451 e. The van der Waals surface area contributed by atoms with Crippen molar-refractivity contribution in [2.45, 2.75) is 13.8 Å². The van der Waals surface area contributed by atoms with Crippen LogP contribution in [0.1, 0.15) is 21.7 Å². The van der Waals surface area contributed by atoms with Gasteiger partial charge in [0.2, 0.25) is 5.91 Å². The molecule has 6 nitrogen and oxygen atoms in total. The van der Waals surface area contributed by atoms with Crippen molar-refractivity contribution in [1.29, 1.82) is 0 Å². The third-order valence-corrected chi connectivity index (χ3v) is 4.32. The van der Waals surface area contributed by atoms with Gasteiger partial charge in [-0.3, -0.25) is 14.4 Å². The number of hydrogen-bond donors (Lipinski definition) is 1. The van der Waals surface area contributed by atoms with E-state index in [1.165, 1.54) is 11.9 Å². The highest BCUT2D eigenvalue weighted by molar-refractivity contribution is 5.99. The number of nitrogens with one attached hydrogen (secondary N) is 1. The Morgan fingerprint density at radius 2 is 1.70 bits per heavy atom. The van der Waals surface area contributed by atoms with Crippen LogP contribution in [-0.4, -0.2) is 30.3 Å². The molecular weight excluding hydrogens is 344 g/mol. The van der Waals surface area contributed by atoms with Crippen molar-refractivity contribution in [3.05, 3.63) is 75.6 Å². The van der Waals surface area contributed by atoms with Crippen molar-refractivity contribution in [2.24, 2.45) is 0 Å². The number of benzene rings is 2. The molecule has 0 bridgehead atoms. The van der Waals surface area contributed by atoms with Crippen LogP contribution in [0.5, 0.6) is 0 Å². The van der Waals surface area contributed by atoms with Crippen LogP contribution >= 0.6 is 0 Å². The zero-order valence-electron chi connectivity index (χ0n) is 15.4. The number of likely N-dealkylation sites (N-methyl/N-ethyl adjacent to an activating group) is 1. The highest BCUT2D eigenvalue weighted by atomic mass is 16.3. The number of para-hydroxylation sites is 2. The molecule has 0 aliphatic rings. The monoisotopic (exact) mass is 364 g/mol. The van der Waals surface area contributed by atoms with E-state index in [1.807, 2.05) is 32.0 Å². The smallest absolute Gasteiger partial charge is 0.289 e. The van der Waals surface area contributed by atoms with Gasteiger partial charge in [0.15, 0.2) is 11.2 Å². The first-order valence-corrected chi connectivity index (χ1v) is 8.51. The number of anilines is 1. The Bertz CT molecular complexity index is 1060. The molecule has 1 heterocycles. The van der Waals surface area contributed by atoms with Crippen molar-refractivity contribution in [3.8, 4) is 0 Å². The van der Waals surface area contributed by atoms with Crippen LogP contribution in [0.2, 0.25) is 0 Å². The number of hydrogen-bond acceptors (Lipinski definition) is 4. The molecule has 0 spiro atoms. The van der Waals surface area contributed by atoms with Gasteiger partial charge in [0.25, 0.3) is 5.91 Å². The molecular formula is C21H20N2O4. The molecule has 0 unspecified atom stereocenters. The van der Waals surface area contributed by atoms with E-state index >= 15 is 0 Å². The Kier molecular flexibility index (Phi) is 5.07. The third-order valence-electron chi connectivity index (χ3n) is 4.32. The Labute approximate surface area is 156 Å². The molecule has 0 atom stereocenters. The second-order valence-corrected chi connectivity index (χ2v) is 6.45. The summed E-state index contributed by atoms with van der Waals surface area (Å²) in [4.78, 5) is 38.3. The van der Waals surface area contributed by atoms with Gasteiger partial charge in [0.05, 0.1) is 11.9 Å². The summed E-state index contributed by atoms with van der Waals surface area (Å²) < 4.78 is 5.54. The highest BCUT2D eigenvalue weighted by Crippen LogP contribution is 2.19. The molecule has 1 aromatic heterocycles. The first-order chi connectivity index (χ1) is 12.9. The van der Waals surface area contributed by atoms with E-state index in [9.17, 15) is 14.4 Å².